The molecule has 1 aromatic carbocycles. The maximum Gasteiger partial charge on any atom is 0.259 e. The van der Waals surface area contributed by atoms with E-state index >= 15 is 0 Å². The highest BCUT2D eigenvalue weighted by Crippen LogP contribution is 2.33. The van der Waals surface area contributed by atoms with Gasteiger partial charge < -0.3 is 5.32 Å². The number of thioether (sulfide) groups is 1. The van der Waals surface area contributed by atoms with Crippen LogP contribution in [0.1, 0.15) is 16.9 Å². The van der Waals surface area contributed by atoms with Crippen LogP contribution in [0.2, 0.25) is 0 Å². The number of benzene rings is 1. The number of aliphatic imine (C=N–C) groups is 2. The number of nitrogens with zero attached hydrogens (tertiary/aromatic N) is 4. The number of fused-ring (bicyclic) bond motifs is 3. The van der Waals surface area contributed by atoms with Crippen LogP contribution in [0, 0.1) is 11.3 Å². The third-order valence-electron chi connectivity index (χ3n) is 4.23. The number of thiophene rings is 1. The van der Waals surface area contributed by atoms with Crippen LogP contribution in [-0.2, 0) is 16.1 Å². The summed E-state index contributed by atoms with van der Waals surface area (Å²) in [7, 11) is 0. The largest absolute Gasteiger partial charge is 0.351 e. The van der Waals surface area contributed by atoms with Crippen molar-refractivity contribution in [1.29, 1.82) is 5.26 Å². The van der Waals surface area contributed by atoms with Gasteiger partial charge in [0.2, 0.25) is 5.91 Å². The zero-order chi connectivity index (χ0) is 19.5. The lowest BCUT2D eigenvalue weighted by atomic mass is 10.1. The van der Waals surface area contributed by atoms with Gasteiger partial charge in [0.1, 0.15) is 11.9 Å². The van der Waals surface area contributed by atoms with Crippen LogP contribution in [0.3, 0.4) is 0 Å². The molecule has 7 nitrogen and oxygen atoms in total. The summed E-state index contributed by atoms with van der Waals surface area (Å²) < 4.78 is 0. The van der Waals surface area contributed by atoms with Crippen molar-refractivity contribution in [2.45, 2.75) is 19.0 Å². The Balaban J connectivity index is 1.54. The summed E-state index contributed by atoms with van der Waals surface area (Å²) in [6.07, 6.45) is -0.0252. The lowest BCUT2D eigenvalue weighted by molar-refractivity contribution is -0.128. The highest BCUT2D eigenvalue weighted by atomic mass is 32.2. The molecule has 140 valence electrons. The van der Waals surface area contributed by atoms with E-state index in [1.807, 2.05) is 47.8 Å². The summed E-state index contributed by atoms with van der Waals surface area (Å²) in [6.45, 7) is 0.436. The molecule has 0 bridgehead atoms. The molecular formula is C19H15N5O2S2. The number of hydrogen-bond acceptors (Lipinski definition) is 7. The third-order valence-corrected chi connectivity index (χ3v) is 5.91. The van der Waals surface area contributed by atoms with E-state index in [4.69, 9.17) is 5.26 Å². The summed E-state index contributed by atoms with van der Waals surface area (Å²) in [5.41, 5.74) is 1.45. The van der Waals surface area contributed by atoms with E-state index in [0.29, 0.717) is 23.2 Å². The lowest BCUT2D eigenvalue weighted by Gasteiger charge is -2.25. The number of nitriles is 1. The minimum Gasteiger partial charge on any atom is -0.351 e. The van der Waals surface area contributed by atoms with Gasteiger partial charge in [-0.2, -0.15) is 5.26 Å². The molecule has 2 aromatic rings. The topological polar surface area (TPSA) is 97.9 Å². The molecule has 0 unspecified atom stereocenters. The van der Waals surface area contributed by atoms with Crippen molar-refractivity contribution in [1.82, 2.24) is 10.2 Å². The van der Waals surface area contributed by atoms with Crippen molar-refractivity contribution < 1.29 is 9.59 Å². The van der Waals surface area contributed by atoms with Gasteiger partial charge >= 0.3 is 0 Å². The van der Waals surface area contributed by atoms with Gasteiger partial charge in [0, 0.05) is 10.4 Å². The van der Waals surface area contributed by atoms with Crippen molar-refractivity contribution in [3.05, 3.63) is 52.2 Å². The molecule has 9 heteroatoms. The SMILES string of the molecule is N#CCSC1=Nc2ccccc2C2=N[C@@H](CC(=O)NCc3cccs3)C(=O)N12. The average molecular weight is 409 g/mol. The summed E-state index contributed by atoms with van der Waals surface area (Å²) in [4.78, 5) is 36.8. The normalized spacial score (nSPS) is 17.3. The number of hydrogen-bond donors (Lipinski definition) is 1. The number of para-hydroxylation sites is 1. The number of amidine groups is 2. The quantitative estimate of drug-likeness (QED) is 0.821. The van der Waals surface area contributed by atoms with Crippen molar-refractivity contribution in [3.8, 4) is 6.07 Å². The lowest BCUT2D eigenvalue weighted by Crippen LogP contribution is -2.42. The van der Waals surface area contributed by atoms with Crippen LogP contribution in [0.4, 0.5) is 5.69 Å². The van der Waals surface area contributed by atoms with Crippen molar-refractivity contribution in [2.75, 3.05) is 5.75 Å². The fourth-order valence-electron chi connectivity index (χ4n) is 2.98. The number of carbonyl (C=O) groups excluding carboxylic acids is 2. The maximum absolute atomic E-state index is 12.9. The highest BCUT2D eigenvalue weighted by Gasteiger charge is 2.41. The van der Waals surface area contributed by atoms with E-state index < -0.39 is 6.04 Å². The van der Waals surface area contributed by atoms with Crippen LogP contribution >= 0.6 is 23.1 Å². The molecule has 0 aliphatic carbocycles. The Morgan fingerprint density at radius 3 is 2.96 bits per heavy atom. The second-order valence-corrected chi connectivity index (χ2v) is 8.04. The Kier molecular flexibility index (Phi) is 5.23. The molecular weight excluding hydrogens is 394 g/mol. The van der Waals surface area contributed by atoms with Gasteiger partial charge in [-0.15, -0.1) is 11.3 Å². The molecule has 28 heavy (non-hydrogen) atoms. The number of nitrogens with one attached hydrogen (secondary N) is 1. The Bertz CT molecular complexity index is 1020. The van der Waals surface area contributed by atoms with Gasteiger partial charge in [0.05, 0.1) is 30.5 Å². The van der Waals surface area contributed by atoms with Gasteiger partial charge in [-0.05, 0) is 23.6 Å². The van der Waals surface area contributed by atoms with Gasteiger partial charge in [-0.25, -0.2) is 9.89 Å². The smallest absolute Gasteiger partial charge is 0.259 e. The molecule has 1 atom stereocenters. The molecule has 1 aromatic heterocycles. The number of amides is 2. The molecule has 2 aliphatic heterocycles. The van der Waals surface area contributed by atoms with Crippen LogP contribution in [0.25, 0.3) is 0 Å². The number of rotatable bonds is 5. The fraction of sp³-hybridized carbons (Fsp3) is 0.211. The van der Waals surface area contributed by atoms with Crippen molar-refractivity contribution in [2.24, 2.45) is 9.98 Å². The minimum atomic E-state index is -0.794. The zero-order valence-corrected chi connectivity index (χ0v) is 16.3. The van der Waals surface area contributed by atoms with E-state index in [1.54, 1.807) is 11.3 Å². The Morgan fingerprint density at radius 1 is 1.32 bits per heavy atom. The Labute approximate surface area is 169 Å². The summed E-state index contributed by atoms with van der Waals surface area (Å²) >= 11 is 2.75. The first kappa shape index (κ1) is 18.4. The van der Waals surface area contributed by atoms with Crippen molar-refractivity contribution in [3.63, 3.8) is 0 Å². The second kappa shape index (κ2) is 7.96. The van der Waals surface area contributed by atoms with Crippen LogP contribution in [-0.4, -0.2) is 39.5 Å². The Morgan fingerprint density at radius 2 is 2.18 bits per heavy atom. The van der Waals surface area contributed by atoms with Crippen molar-refractivity contribution >= 4 is 51.6 Å². The molecule has 2 amide bonds. The van der Waals surface area contributed by atoms with E-state index in [-0.39, 0.29) is 24.0 Å². The maximum atomic E-state index is 12.9. The first-order valence-corrected chi connectivity index (χ1v) is 10.4. The number of carbonyl (C=O) groups is 2. The van der Waals surface area contributed by atoms with Gasteiger partial charge in [0.25, 0.3) is 5.91 Å². The molecule has 0 radical (unpaired) electrons. The Hall–Kier alpha value is -2.96. The van der Waals surface area contributed by atoms with Gasteiger partial charge in [0.15, 0.2) is 5.17 Å². The molecule has 0 fully saturated rings. The van der Waals surface area contributed by atoms with E-state index in [2.05, 4.69) is 15.3 Å². The van der Waals surface area contributed by atoms with Crippen LogP contribution < -0.4 is 5.32 Å². The predicted octanol–water partition coefficient (Wildman–Crippen LogP) is 2.67. The minimum absolute atomic E-state index is 0.0252. The van der Waals surface area contributed by atoms with Crippen LogP contribution in [0.15, 0.2) is 51.8 Å². The second-order valence-electron chi connectivity index (χ2n) is 6.06. The standard InChI is InChI=1S/C19H15N5O2S2/c20-7-9-28-19-23-14-6-2-1-5-13(14)17-22-15(18(26)24(17)19)10-16(25)21-11-12-4-3-8-27-12/h1-6,8,15H,9-11H2,(H,21,25)/t15-/m0/s1. The van der Waals surface area contributed by atoms with E-state index in [0.717, 1.165) is 10.4 Å². The molecule has 0 saturated heterocycles. The first-order chi connectivity index (χ1) is 13.7. The zero-order valence-electron chi connectivity index (χ0n) is 14.7. The third kappa shape index (κ3) is 3.56. The fourth-order valence-corrected chi connectivity index (χ4v) is 4.28. The average Bonchev–Trinajstić information content (AvgIpc) is 3.33. The van der Waals surface area contributed by atoms with Gasteiger partial charge in [-0.1, -0.05) is 30.0 Å². The molecule has 1 N–H and O–H groups in total. The predicted molar refractivity (Wildman–Crippen MR) is 110 cm³/mol. The van der Waals surface area contributed by atoms with Crippen LogP contribution in [0.5, 0.6) is 0 Å². The monoisotopic (exact) mass is 409 g/mol. The van der Waals surface area contributed by atoms with E-state index in [1.165, 1.54) is 16.7 Å². The molecule has 0 saturated carbocycles. The molecule has 3 heterocycles. The molecule has 2 aliphatic rings. The first-order valence-electron chi connectivity index (χ1n) is 8.56. The summed E-state index contributed by atoms with van der Waals surface area (Å²) in [5.74, 6) is 0.142. The van der Waals surface area contributed by atoms with Gasteiger partial charge in [-0.3, -0.25) is 14.6 Å². The molecule has 0 spiro atoms. The summed E-state index contributed by atoms with van der Waals surface area (Å²) in [5, 5.41) is 14.1. The summed E-state index contributed by atoms with van der Waals surface area (Å²) in [6, 6.07) is 12.5. The highest BCUT2D eigenvalue weighted by molar-refractivity contribution is 8.14. The molecule has 4 rings (SSSR count). The van der Waals surface area contributed by atoms with E-state index in [9.17, 15) is 9.59 Å².